The molecule has 0 radical (unpaired) electrons. The Balaban J connectivity index is 2.69. The average Bonchev–Trinajstić information content (AvgIpc) is 2.63. The molecule has 0 heterocycles. The quantitative estimate of drug-likeness (QED) is 0.457. The summed E-state index contributed by atoms with van der Waals surface area (Å²) in [6, 6.07) is 5.62. The maximum Gasteiger partial charge on any atom is 0.339 e. The molecular formula is C21H20Cl2O6. The summed E-state index contributed by atoms with van der Waals surface area (Å²) < 4.78 is 5.05. The Kier molecular flexibility index (Phi) is 7.27. The third-order valence-electron chi connectivity index (χ3n) is 4.06. The van der Waals surface area contributed by atoms with Crippen molar-refractivity contribution in [3.8, 4) is 5.75 Å². The molecule has 0 aliphatic heterocycles. The van der Waals surface area contributed by atoms with Crippen molar-refractivity contribution in [2.45, 2.75) is 39.7 Å². The van der Waals surface area contributed by atoms with E-state index in [2.05, 4.69) is 0 Å². The third kappa shape index (κ3) is 4.89. The lowest BCUT2D eigenvalue weighted by Crippen LogP contribution is -2.17. The summed E-state index contributed by atoms with van der Waals surface area (Å²) in [5.74, 6) is -3.53. The Morgan fingerprint density at radius 3 is 2.28 bits per heavy atom. The normalized spacial score (nSPS) is 10.8. The molecule has 0 aliphatic carbocycles. The zero-order valence-electron chi connectivity index (χ0n) is 16.1. The molecule has 0 unspecified atom stereocenters. The minimum absolute atomic E-state index is 0.103. The van der Waals surface area contributed by atoms with E-state index in [1.165, 1.54) is 12.1 Å². The second-order valence-electron chi connectivity index (χ2n) is 6.66. The van der Waals surface area contributed by atoms with Crippen molar-refractivity contribution < 1.29 is 29.3 Å². The number of rotatable bonds is 7. The maximum absolute atomic E-state index is 13.1. The van der Waals surface area contributed by atoms with Crippen LogP contribution in [-0.2, 0) is 11.2 Å². The monoisotopic (exact) mass is 438 g/mol. The molecule has 2 aromatic carbocycles. The SMILES string of the molecule is CCCc1ccc(O)c(C(=O)c2c(Cl)cc(C(=O)OC(C)C)c(Cl)c2C(=O)O)c1. The summed E-state index contributed by atoms with van der Waals surface area (Å²) in [4.78, 5) is 37.2. The topological polar surface area (TPSA) is 101 Å². The fourth-order valence-corrected chi connectivity index (χ4v) is 3.42. The third-order valence-corrected chi connectivity index (χ3v) is 4.75. The number of halogens is 2. The first-order chi connectivity index (χ1) is 13.6. The van der Waals surface area contributed by atoms with Crippen molar-refractivity contribution in [1.29, 1.82) is 0 Å². The Labute approximate surface area is 178 Å². The van der Waals surface area contributed by atoms with E-state index >= 15 is 0 Å². The molecule has 0 atom stereocenters. The van der Waals surface area contributed by atoms with Gasteiger partial charge in [0, 0.05) is 0 Å². The number of carbonyl (C=O) groups is 3. The molecule has 0 aromatic heterocycles. The smallest absolute Gasteiger partial charge is 0.339 e. The maximum atomic E-state index is 13.1. The van der Waals surface area contributed by atoms with Gasteiger partial charge in [-0.3, -0.25) is 4.79 Å². The van der Waals surface area contributed by atoms with Gasteiger partial charge in [0.1, 0.15) is 5.75 Å². The van der Waals surface area contributed by atoms with Crippen molar-refractivity contribution in [2.75, 3.05) is 0 Å². The highest BCUT2D eigenvalue weighted by atomic mass is 35.5. The minimum Gasteiger partial charge on any atom is -0.507 e. The van der Waals surface area contributed by atoms with Gasteiger partial charge in [-0.2, -0.15) is 0 Å². The molecule has 0 amide bonds. The molecule has 154 valence electrons. The van der Waals surface area contributed by atoms with E-state index in [0.29, 0.717) is 6.42 Å². The van der Waals surface area contributed by atoms with Gasteiger partial charge in [-0.05, 0) is 44.0 Å². The van der Waals surface area contributed by atoms with Crippen LogP contribution in [0.15, 0.2) is 24.3 Å². The van der Waals surface area contributed by atoms with Crippen LogP contribution < -0.4 is 0 Å². The molecule has 0 spiro atoms. The number of hydrogen-bond acceptors (Lipinski definition) is 5. The number of ketones is 1. The number of carboxylic acid groups (broad SMARTS) is 1. The van der Waals surface area contributed by atoms with Crippen LogP contribution >= 0.6 is 23.2 Å². The summed E-state index contributed by atoms with van der Waals surface area (Å²) in [7, 11) is 0. The van der Waals surface area contributed by atoms with E-state index in [4.69, 9.17) is 27.9 Å². The number of benzene rings is 2. The highest BCUT2D eigenvalue weighted by Gasteiger charge is 2.30. The molecular weight excluding hydrogens is 419 g/mol. The number of aryl methyl sites for hydroxylation is 1. The Bertz CT molecular complexity index is 982. The number of hydrogen-bond donors (Lipinski definition) is 2. The van der Waals surface area contributed by atoms with Crippen LogP contribution in [0.3, 0.4) is 0 Å². The summed E-state index contributed by atoms with van der Waals surface area (Å²) >= 11 is 12.4. The number of phenolic OH excluding ortho intramolecular Hbond substituents is 1. The standard InChI is InChI=1S/C21H20Cl2O6/c1-4-5-11-6-7-15(24)12(8-11)19(25)16-14(22)9-13(21(28)29-10(2)3)18(23)17(16)20(26)27/h6-10,24H,4-5H2,1-3H3,(H,26,27). The zero-order valence-corrected chi connectivity index (χ0v) is 17.6. The van der Waals surface area contributed by atoms with Crippen LogP contribution in [-0.4, -0.2) is 34.0 Å². The van der Waals surface area contributed by atoms with Crippen molar-refractivity contribution in [1.82, 2.24) is 0 Å². The predicted molar refractivity (Wildman–Crippen MR) is 110 cm³/mol. The van der Waals surface area contributed by atoms with E-state index in [1.807, 2.05) is 6.92 Å². The molecule has 29 heavy (non-hydrogen) atoms. The second-order valence-corrected chi connectivity index (χ2v) is 7.44. The van der Waals surface area contributed by atoms with Crippen molar-refractivity contribution >= 4 is 40.9 Å². The van der Waals surface area contributed by atoms with Gasteiger partial charge in [-0.25, -0.2) is 9.59 Å². The van der Waals surface area contributed by atoms with E-state index in [1.54, 1.807) is 19.9 Å². The molecule has 0 saturated carbocycles. The van der Waals surface area contributed by atoms with E-state index in [-0.39, 0.29) is 21.9 Å². The summed E-state index contributed by atoms with van der Waals surface area (Å²) in [6.07, 6.45) is 1.02. The summed E-state index contributed by atoms with van der Waals surface area (Å²) in [5, 5.41) is 19.1. The van der Waals surface area contributed by atoms with Gasteiger partial charge in [-0.15, -0.1) is 0 Å². The number of phenols is 1. The van der Waals surface area contributed by atoms with Crippen molar-refractivity contribution in [2.24, 2.45) is 0 Å². The molecule has 0 fully saturated rings. The number of aromatic hydroxyl groups is 1. The van der Waals surface area contributed by atoms with Gasteiger partial charge in [-0.1, -0.05) is 42.6 Å². The molecule has 8 heteroatoms. The summed E-state index contributed by atoms with van der Waals surface area (Å²) in [6.45, 7) is 5.20. The van der Waals surface area contributed by atoms with Gasteiger partial charge in [0.05, 0.1) is 38.4 Å². The molecule has 2 aromatic rings. The van der Waals surface area contributed by atoms with Crippen molar-refractivity contribution in [3.63, 3.8) is 0 Å². The van der Waals surface area contributed by atoms with E-state index < -0.39 is 40.0 Å². The Morgan fingerprint density at radius 2 is 1.72 bits per heavy atom. The van der Waals surface area contributed by atoms with Crippen LogP contribution in [0.1, 0.15) is 69.4 Å². The fourth-order valence-electron chi connectivity index (χ4n) is 2.82. The predicted octanol–water partition coefficient (Wildman–Crippen LogP) is 5.15. The molecule has 0 saturated heterocycles. The van der Waals surface area contributed by atoms with Gasteiger partial charge in [0.2, 0.25) is 0 Å². The Hall–Kier alpha value is -2.57. The first-order valence-corrected chi connectivity index (χ1v) is 9.66. The molecule has 2 N–H and O–H groups in total. The lowest BCUT2D eigenvalue weighted by atomic mass is 9.94. The van der Waals surface area contributed by atoms with E-state index in [0.717, 1.165) is 18.1 Å². The number of ether oxygens (including phenoxy) is 1. The van der Waals surface area contributed by atoms with Crippen LogP contribution in [0.25, 0.3) is 0 Å². The minimum atomic E-state index is -1.54. The van der Waals surface area contributed by atoms with Crippen molar-refractivity contribution in [3.05, 3.63) is 62.1 Å². The lowest BCUT2D eigenvalue weighted by Gasteiger charge is -2.15. The number of esters is 1. The van der Waals surface area contributed by atoms with Gasteiger partial charge in [0.25, 0.3) is 0 Å². The highest BCUT2D eigenvalue weighted by molar-refractivity contribution is 6.41. The largest absolute Gasteiger partial charge is 0.507 e. The first kappa shape index (κ1) is 22.7. The fraction of sp³-hybridized carbons (Fsp3) is 0.286. The van der Waals surface area contributed by atoms with Gasteiger partial charge in [0.15, 0.2) is 5.78 Å². The second kappa shape index (κ2) is 9.29. The average molecular weight is 439 g/mol. The number of carbonyl (C=O) groups excluding carboxylic acids is 2. The van der Waals surface area contributed by atoms with Gasteiger partial charge < -0.3 is 14.9 Å². The Morgan fingerprint density at radius 1 is 1.07 bits per heavy atom. The zero-order chi connectivity index (χ0) is 21.9. The lowest BCUT2D eigenvalue weighted by molar-refractivity contribution is 0.0378. The molecule has 2 rings (SSSR count). The number of aromatic carboxylic acids is 1. The molecule has 0 bridgehead atoms. The molecule has 6 nitrogen and oxygen atoms in total. The van der Waals surface area contributed by atoms with Crippen LogP contribution in [0.4, 0.5) is 0 Å². The molecule has 0 aliphatic rings. The number of carboxylic acids is 1. The van der Waals surface area contributed by atoms with Crippen LogP contribution in [0.5, 0.6) is 5.75 Å². The highest BCUT2D eigenvalue weighted by Crippen LogP contribution is 2.35. The first-order valence-electron chi connectivity index (χ1n) is 8.91. The van der Waals surface area contributed by atoms with Gasteiger partial charge >= 0.3 is 11.9 Å². The summed E-state index contributed by atoms with van der Waals surface area (Å²) in [5.41, 5.74) is -0.601. The van der Waals surface area contributed by atoms with Crippen LogP contribution in [0, 0.1) is 0 Å². The van der Waals surface area contributed by atoms with E-state index in [9.17, 15) is 24.6 Å². The van der Waals surface area contributed by atoms with Crippen LogP contribution in [0.2, 0.25) is 10.0 Å².